The number of pyridine rings is 1. The molecular formula is C23H22ClN3O3. The van der Waals surface area contributed by atoms with Gasteiger partial charge in [-0.25, -0.2) is 4.98 Å². The number of amides is 1. The highest BCUT2D eigenvalue weighted by molar-refractivity contribution is 6.31. The lowest BCUT2D eigenvalue weighted by atomic mass is 9.98. The summed E-state index contributed by atoms with van der Waals surface area (Å²) >= 11 is 6.13. The maximum absolute atomic E-state index is 12.2. The molecule has 6 nitrogen and oxygen atoms in total. The summed E-state index contributed by atoms with van der Waals surface area (Å²) in [6.45, 7) is 1.28. The van der Waals surface area contributed by atoms with Crippen molar-refractivity contribution >= 4 is 23.2 Å². The molecule has 30 heavy (non-hydrogen) atoms. The number of halogens is 1. The highest BCUT2D eigenvalue weighted by atomic mass is 35.5. The lowest BCUT2D eigenvalue weighted by Gasteiger charge is -2.23. The molecular weight excluding hydrogens is 402 g/mol. The highest BCUT2D eigenvalue weighted by Gasteiger charge is 2.28. The Morgan fingerprint density at radius 2 is 1.97 bits per heavy atom. The van der Waals surface area contributed by atoms with E-state index in [-0.39, 0.29) is 6.10 Å². The van der Waals surface area contributed by atoms with Crippen LogP contribution in [0.4, 0.5) is 5.69 Å². The first kappa shape index (κ1) is 20.2. The van der Waals surface area contributed by atoms with E-state index < -0.39 is 12.0 Å². The van der Waals surface area contributed by atoms with Gasteiger partial charge in [-0.2, -0.15) is 0 Å². The fraction of sp³-hybridized carbons (Fsp3) is 0.217. The first-order valence-electron chi connectivity index (χ1n) is 9.72. The molecule has 1 unspecified atom stereocenters. The second-order valence-corrected chi connectivity index (χ2v) is 7.63. The van der Waals surface area contributed by atoms with E-state index >= 15 is 0 Å². The predicted molar refractivity (Wildman–Crippen MR) is 116 cm³/mol. The van der Waals surface area contributed by atoms with Crippen LogP contribution in [0.2, 0.25) is 5.02 Å². The number of hydrogen-bond donors (Lipinski definition) is 2. The van der Waals surface area contributed by atoms with E-state index in [1.165, 1.54) is 0 Å². The summed E-state index contributed by atoms with van der Waals surface area (Å²) in [6.07, 6.45) is 1.46. The lowest BCUT2D eigenvalue weighted by molar-refractivity contribution is 0.100. The van der Waals surface area contributed by atoms with Crippen LogP contribution < -0.4 is 15.4 Å². The van der Waals surface area contributed by atoms with Crippen LogP contribution in [0.1, 0.15) is 34.0 Å². The Bertz CT molecular complexity index is 1040. The molecule has 1 saturated heterocycles. The van der Waals surface area contributed by atoms with Crippen molar-refractivity contribution in [1.82, 2.24) is 4.98 Å². The van der Waals surface area contributed by atoms with E-state index in [9.17, 15) is 9.90 Å². The number of ether oxygens (including phenoxy) is 1. The monoisotopic (exact) mass is 423 g/mol. The quantitative estimate of drug-likeness (QED) is 0.632. The van der Waals surface area contributed by atoms with E-state index in [1.807, 2.05) is 42.5 Å². The van der Waals surface area contributed by atoms with Crippen LogP contribution in [0.15, 0.2) is 66.9 Å². The molecule has 4 rings (SSSR count). The molecule has 2 aromatic carbocycles. The summed E-state index contributed by atoms with van der Waals surface area (Å²) in [7, 11) is 0. The third-order valence-corrected chi connectivity index (χ3v) is 5.49. The third kappa shape index (κ3) is 4.25. The number of aliphatic hydroxyl groups is 1. The van der Waals surface area contributed by atoms with Gasteiger partial charge in [0.05, 0.1) is 12.1 Å². The van der Waals surface area contributed by atoms with Gasteiger partial charge in [0.25, 0.3) is 5.91 Å². The van der Waals surface area contributed by atoms with Crippen molar-refractivity contribution in [3.05, 3.63) is 88.6 Å². The van der Waals surface area contributed by atoms with Crippen LogP contribution in [0, 0.1) is 0 Å². The third-order valence-electron chi connectivity index (χ3n) is 5.21. The Morgan fingerprint density at radius 1 is 1.17 bits per heavy atom. The van der Waals surface area contributed by atoms with Crippen LogP contribution in [0.3, 0.4) is 0 Å². The minimum atomic E-state index is -0.834. The molecule has 0 aliphatic carbocycles. The zero-order valence-corrected chi connectivity index (χ0v) is 17.0. The Hall–Kier alpha value is -3.09. The van der Waals surface area contributed by atoms with E-state index in [0.29, 0.717) is 35.1 Å². The Labute approximate surface area is 179 Å². The number of aliphatic hydroxyl groups excluding tert-OH is 1. The van der Waals surface area contributed by atoms with Crippen LogP contribution in [-0.4, -0.2) is 35.2 Å². The smallest absolute Gasteiger partial charge is 0.250 e. The molecule has 3 aromatic rings. The first-order valence-corrected chi connectivity index (χ1v) is 10.1. The number of benzene rings is 2. The maximum atomic E-state index is 12.2. The minimum absolute atomic E-state index is 0.104. The van der Waals surface area contributed by atoms with Crippen molar-refractivity contribution in [1.29, 1.82) is 0 Å². The first-order chi connectivity index (χ1) is 14.5. The molecule has 2 atom stereocenters. The van der Waals surface area contributed by atoms with Gasteiger partial charge in [0.15, 0.2) is 0 Å². The fourth-order valence-corrected chi connectivity index (χ4v) is 3.85. The number of anilines is 1. The Balaban J connectivity index is 1.54. The molecule has 0 saturated carbocycles. The maximum Gasteiger partial charge on any atom is 0.250 e. The summed E-state index contributed by atoms with van der Waals surface area (Å²) in [5, 5.41) is 11.1. The Kier molecular flexibility index (Phi) is 5.88. The van der Waals surface area contributed by atoms with Crippen molar-refractivity contribution in [2.45, 2.75) is 18.6 Å². The SMILES string of the molecule is NC(=O)c1cc(C(O)c2ccccc2)ccc1N1CC[C@H](Oc2ncccc2Cl)C1. The van der Waals surface area contributed by atoms with Crippen molar-refractivity contribution in [2.24, 2.45) is 5.73 Å². The second-order valence-electron chi connectivity index (χ2n) is 7.22. The number of hydrogen-bond acceptors (Lipinski definition) is 5. The molecule has 7 heteroatoms. The molecule has 0 radical (unpaired) electrons. The van der Waals surface area contributed by atoms with Crippen LogP contribution in [0.25, 0.3) is 0 Å². The summed E-state index contributed by atoms with van der Waals surface area (Å²) in [5.74, 6) is -0.133. The van der Waals surface area contributed by atoms with Crippen molar-refractivity contribution in [2.75, 3.05) is 18.0 Å². The number of carbonyl (C=O) groups excluding carboxylic acids is 1. The molecule has 0 bridgehead atoms. The fourth-order valence-electron chi connectivity index (χ4n) is 3.68. The van der Waals surface area contributed by atoms with Gasteiger partial charge >= 0.3 is 0 Å². The zero-order chi connectivity index (χ0) is 21.1. The summed E-state index contributed by atoms with van der Waals surface area (Å²) in [5.41, 5.74) is 8.13. The summed E-state index contributed by atoms with van der Waals surface area (Å²) in [6, 6.07) is 18.1. The molecule has 1 fully saturated rings. The molecule has 154 valence electrons. The summed E-state index contributed by atoms with van der Waals surface area (Å²) in [4.78, 5) is 18.4. The molecule has 1 aliphatic rings. The average molecular weight is 424 g/mol. The zero-order valence-electron chi connectivity index (χ0n) is 16.2. The van der Waals surface area contributed by atoms with Gasteiger partial charge in [0, 0.05) is 24.8 Å². The largest absolute Gasteiger partial charge is 0.471 e. The van der Waals surface area contributed by atoms with Gasteiger partial charge in [0.1, 0.15) is 17.2 Å². The second kappa shape index (κ2) is 8.73. The molecule has 2 heterocycles. The number of carbonyl (C=O) groups is 1. The summed E-state index contributed by atoms with van der Waals surface area (Å²) < 4.78 is 5.94. The standard InChI is InChI=1S/C23H22ClN3O3/c24-19-7-4-11-26-23(19)30-17-10-12-27(14-17)20-9-8-16(13-18(20)22(25)29)21(28)15-5-2-1-3-6-15/h1-9,11,13,17,21,28H,10,12,14H2,(H2,25,29)/t17-,21?/m0/s1. The van der Waals surface area contributed by atoms with Crippen molar-refractivity contribution in [3.8, 4) is 5.88 Å². The van der Waals surface area contributed by atoms with E-state index in [1.54, 1.807) is 24.4 Å². The predicted octanol–water partition coefficient (Wildman–Crippen LogP) is 3.57. The van der Waals surface area contributed by atoms with Gasteiger partial charge in [-0.3, -0.25) is 4.79 Å². The minimum Gasteiger partial charge on any atom is -0.471 e. The van der Waals surface area contributed by atoms with E-state index in [4.69, 9.17) is 22.1 Å². The number of nitrogens with zero attached hydrogens (tertiary/aromatic N) is 2. The molecule has 1 aromatic heterocycles. The van der Waals surface area contributed by atoms with Crippen LogP contribution in [-0.2, 0) is 0 Å². The van der Waals surface area contributed by atoms with Crippen molar-refractivity contribution < 1.29 is 14.6 Å². The number of primary amides is 1. The van der Waals surface area contributed by atoms with Crippen LogP contribution in [0.5, 0.6) is 5.88 Å². The molecule has 0 spiro atoms. The van der Waals surface area contributed by atoms with Gasteiger partial charge < -0.3 is 20.5 Å². The van der Waals surface area contributed by atoms with Gasteiger partial charge in [-0.05, 0) is 35.4 Å². The average Bonchev–Trinajstić information content (AvgIpc) is 3.23. The van der Waals surface area contributed by atoms with Crippen molar-refractivity contribution in [3.63, 3.8) is 0 Å². The lowest BCUT2D eigenvalue weighted by Crippen LogP contribution is -2.27. The van der Waals surface area contributed by atoms with Gasteiger partial charge in [-0.15, -0.1) is 0 Å². The van der Waals surface area contributed by atoms with Gasteiger partial charge in [-0.1, -0.05) is 48.0 Å². The number of rotatable bonds is 6. The van der Waals surface area contributed by atoms with E-state index in [0.717, 1.165) is 17.7 Å². The normalized spacial score (nSPS) is 17.0. The molecule has 1 amide bonds. The topological polar surface area (TPSA) is 88.7 Å². The molecule has 3 N–H and O–H groups in total. The number of aromatic nitrogens is 1. The molecule has 1 aliphatic heterocycles. The van der Waals surface area contributed by atoms with Gasteiger partial charge in [0.2, 0.25) is 5.88 Å². The Morgan fingerprint density at radius 3 is 2.70 bits per heavy atom. The van der Waals surface area contributed by atoms with E-state index in [2.05, 4.69) is 9.88 Å². The highest BCUT2D eigenvalue weighted by Crippen LogP contribution is 2.31. The van der Waals surface area contributed by atoms with Crippen LogP contribution >= 0.6 is 11.6 Å². The number of nitrogens with two attached hydrogens (primary N) is 1.